The molecule has 0 saturated carbocycles. The Bertz CT molecular complexity index is 1010. The summed E-state index contributed by atoms with van der Waals surface area (Å²) >= 11 is 1.25. The Morgan fingerprint density at radius 2 is 1.69 bits per heavy atom. The van der Waals surface area contributed by atoms with E-state index in [2.05, 4.69) is 5.32 Å². The average molecular weight is 440 g/mol. The van der Waals surface area contributed by atoms with Crippen LogP contribution >= 0.6 is 11.3 Å². The summed E-state index contributed by atoms with van der Waals surface area (Å²) < 4.78 is 32.8. The van der Waals surface area contributed by atoms with Crippen molar-refractivity contribution in [2.45, 2.75) is 25.2 Å². The van der Waals surface area contributed by atoms with Crippen LogP contribution in [0.3, 0.4) is 0 Å². The second kappa shape index (κ2) is 9.66. The van der Waals surface area contributed by atoms with Crippen molar-refractivity contribution in [1.82, 2.24) is 0 Å². The third-order valence-electron chi connectivity index (χ3n) is 3.73. The van der Waals surface area contributed by atoms with Gasteiger partial charge >= 0.3 is 11.9 Å². The first-order valence-corrected chi connectivity index (χ1v) is 11.4. The van der Waals surface area contributed by atoms with Crippen LogP contribution in [0.1, 0.15) is 39.4 Å². The number of amides is 1. The zero-order valence-electron chi connectivity index (χ0n) is 16.2. The summed E-state index contributed by atoms with van der Waals surface area (Å²) in [6, 6.07) is 6.85. The number of hydrogen-bond donors (Lipinski definition) is 1. The number of sulfone groups is 1. The molecule has 0 unspecified atom stereocenters. The lowest BCUT2D eigenvalue weighted by Crippen LogP contribution is -2.21. The number of benzene rings is 1. The Labute approximate surface area is 172 Å². The van der Waals surface area contributed by atoms with Gasteiger partial charge in [-0.25, -0.2) is 18.0 Å². The smallest absolute Gasteiger partial charge is 0.341 e. The highest BCUT2D eigenvalue weighted by molar-refractivity contribution is 7.90. The summed E-state index contributed by atoms with van der Waals surface area (Å²) in [4.78, 5) is 37.2. The molecule has 0 spiro atoms. The van der Waals surface area contributed by atoms with Gasteiger partial charge in [0, 0.05) is 11.1 Å². The molecule has 2 aromatic rings. The predicted octanol–water partition coefficient (Wildman–Crippen LogP) is 2.69. The number of carbonyl (C=O) groups excluding carboxylic acids is 3. The number of carbonyl (C=O) groups is 3. The molecule has 1 aromatic carbocycles. The molecule has 0 aliphatic heterocycles. The highest BCUT2D eigenvalue weighted by Gasteiger charge is 2.19. The quantitative estimate of drug-likeness (QED) is 0.629. The van der Waals surface area contributed by atoms with Gasteiger partial charge in [-0.05, 0) is 43.7 Å². The first kappa shape index (κ1) is 22.6. The summed E-state index contributed by atoms with van der Waals surface area (Å²) in [6.07, 6.45) is 1.75. The predicted molar refractivity (Wildman–Crippen MR) is 108 cm³/mol. The summed E-state index contributed by atoms with van der Waals surface area (Å²) in [7, 11) is -3.37. The molecule has 29 heavy (non-hydrogen) atoms. The van der Waals surface area contributed by atoms with Gasteiger partial charge in [0.2, 0.25) is 0 Å². The van der Waals surface area contributed by atoms with Crippen LogP contribution in [0.4, 0.5) is 5.00 Å². The monoisotopic (exact) mass is 439 g/mol. The number of anilines is 1. The van der Waals surface area contributed by atoms with Crippen molar-refractivity contribution in [3.05, 3.63) is 46.3 Å². The fraction of sp³-hybridized carbons (Fsp3) is 0.316. The first-order valence-electron chi connectivity index (χ1n) is 8.72. The first-order chi connectivity index (χ1) is 13.7. The third kappa shape index (κ3) is 6.13. The highest BCUT2D eigenvalue weighted by atomic mass is 32.2. The van der Waals surface area contributed by atoms with Crippen molar-refractivity contribution < 1.29 is 32.3 Å². The van der Waals surface area contributed by atoms with Crippen molar-refractivity contribution in [2.75, 3.05) is 24.8 Å². The highest BCUT2D eigenvalue weighted by Crippen LogP contribution is 2.29. The number of rotatable bonds is 8. The van der Waals surface area contributed by atoms with E-state index in [1.165, 1.54) is 35.6 Å². The summed E-state index contributed by atoms with van der Waals surface area (Å²) in [6.45, 7) is 3.25. The van der Waals surface area contributed by atoms with Crippen LogP contribution in [-0.2, 0) is 30.5 Å². The standard InChI is InChI=1S/C19H21NO7S2/c1-4-13-10-15(19(23)26-5-2)17(28-13)20-16(21)11-27-18(22)12-6-8-14(9-7-12)29(3,24)25/h6-10H,4-5,11H2,1-3H3,(H,20,21). The Balaban J connectivity index is 2.00. The van der Waals surface area contributed by atoms with E-state index in [9.17, 15) is 22.8 Å². The number of hydrogen-bond acceptors (Lipinski definition) is 8. The van der Waals surface area contributed by atoms with Crippen molar-refractivity contribution in [1.29, 1.82) is 0 Å². The van der Waals surface area contributed by atoms with Gasteiger partial charge in [-0.3, -0.25) is 4.79 Å². The minimum atomic E-state index is -3.37. The van der Waals surface area contributed by atoms with Crippen LogP contribution in [-0.4, -0.2) is 45.7 Å². The van der Waals surface area contributed by atoms with Gasteiger partial charge in [-0.2, -0.15) is 0 Å². The number of ether oxygens (including phenoxy) is 2. The lowest BCUT2D eigenvalue weighted by Gasteiger charge is -2.07. The molecule has 1 aromatic heterocycles. The van der Waals surface area contributed by atoms with E-state index < -0.39 is 34.3 Å². The van der Waals surface area contributed by atoms with Crippen molar-refractivity contribution in [3.63, 3.8) is 0 Å². The molecule has 0 atom stereocenters. The van der Waals surface area contributed by atoms with E-state index in [0.717, 1.165) is 11.1 Å². The molecule has 156 valence electrons. The van der Waals surface area contributed by atoms with Crippen LogP contribution < -0.4 is 5.32 Å². The van der Waals surface area contributed by atoms with Crippen molar-refractivity contribution >= 4 is 44.0 Å². The Morgan fingerprint density at radius 3 is 2.24 bits per heavy atom. The minimum absolute atomic E-state index is 0.0720. The van der Waals surface area contributed by atoms with Gasteiger partial charge in [-0.15, -0.1) is 11.3 Å². The van der Waals surface area contributed by atoms with E-state index >= 15 is 0 Å². The van der Waals surface area contributed by atoms with Crippen LogP contribution in [0.2, 0.25) is 0 Å². The van der Waals surface area contributed by atoms with Crippen molar-refractivity contribution in [2.24, 2.45) is 0 Å². The lowest BCUT2D eigenvalue weighted by molar-refractivity contribution is -0.119. The van der Waals surface area contributed by atoms with Gasteiger partial charge in [0.05, 0.1) is 22.6 Å². The molecule has 1 N–H and O–H groups in total. The second-order valence-corrected chi connectivity index (χ2v) is 9.10. The molecule has 0 radical (unpaired) electrons. The van der Waals surface area contributed by atoms with E-state index in [4.69, 9.17) is 9.47 Å². The van der Waals surface area contributed by atoms with Crippen LogP contribution in [0.25, 0.3) is 0 Å². The molecular weight excluding hydrogens is 418 g/mol. The maximum Gasteiger partial charge on any atom is 0.341 e. The number of aryl methyl sites for hydroxylation is 1. The van der Waals surface area contributed by atoms with E-state index in [-0.39, 0.29) is 22.6 Å². The fourth-order valence-electron chi connectivity index (χ4n) is 2.28. The molecule has 10 heteroatoms. The molecule has 0 fully saturated rings. The van der Waals surface area contributed by atoms with Crippen LogP contribution in [0.15, 0.2) is 35.2 Å². The average Bonchev–Trinajstić information content (AvgIpc) is 3.08. The Hall–Kier alpha value is -2.72. The Kier molecular flexibility index (Phi) is 7.52. The molecule has 8 nitrogen and oxygen atoms in total. The molecule has 2 rings (SSSR count). The SMILES string of the molecule is CCOC(=O)c1cc(CC)sc1NC(=O)COC(=O)c1ccc(S(C)(=O)=O)cc1. The zero-order chi connectivity index (χ0) is 21.6. The molecule has 1 amide bonds. The Morgan fingerprint density at radius 1 is 1.03 bits per heavy atom. The molecular formula is C19H21NO7S2. The molecule has 0 saturated heterocycles. The van der Waals surface area contributed by atoms with Gasteiger partial charge in [0.15, 0.2) is 16.4 Å². The van der Waals surface area contributed by atoms with E-state index in [0.29, 0.717) is 11.4 Å². The van der Waals surface area contributed by atoms with Crippen molar-refractivity contribution in [3.8, 4) is 0 Å². The summed E-state index contributed by atoms with van der Waals surface area (Å²) in [5.41, 5.74) is 0.367. The molecule has 0 aliphatic rings. The maximum absolute atomic E-state index is 12.2. The second-order valence-electron chi connectivity index (χ2n) is 5.95. The van der Waals surface area contributed by atoms with Gasteiger partial charge < -0.3 is 14.8 Å². The fourth-order valence-corrected chi connectivity index (χ4v) is 3.92. The number of esters is 2. The maximum atomic E-state index is 12.2. The van der Waals surface area contributed by atoms with Crippen LogP contribution in [0.5, 0.6) is 0 Å². The van der Waals surface area contributed by atoms with E-state index in [1.807, 2.05) is 6.92 Å². The number of thiophene rings is 1. The molecule has 1 heterocycles. The molecule has 0 bridgehead atoms. The largest absolute Gasteiger partial charge is 0.462 e. The van der Waals surface area contributed by atoms with Gasteiger partial charge in [0.1, 0.15) is 5.00 Å². The number of nitrogens with one attached hydrogen (secondary N) is 1. The normalized spacial score (nSPS) is 11.0. The topological polar surface area (TPSA) is 116 Å². The third-order valence-corrected chi connectivity index (χ3v) is 6.06. The zero-order valence-corrected chi connectivity index (χ0v) is 17.8. The summed E-state index contributed by atoms with van der Waals surface area (Å²) in [5, 5.41) is 2.89. The van der Waals surface area contributed by atoms with E-state index in [1.54, 1.807) is 13.0 Å². The minimum Gasteiger partial charge on any atom is -0.462 e. The van der Waals surface area contributed by atoms with Crippen LogP contribution in [0, 0.1) is 0 Å². The molecule has 0 aliphatic carbocycles. The van der Waals surface area contributed by atoms with Gasteiger partial charge in [0.25, 0.3) is 5.91 Å². The summed E-state index contributed by atoms with van der Waals surface area (Å²) in [5.74, 6) is -1.92. The lowest BCUT2D eigenvalue weighted by atomic mass is 10.2. The van der Waals surface area contributed by atoms with Gasteiger partial charge in [-0.1, -0.05) is 6.92 Å².